The van der Waals surface area contributed by atoms with Gasteiger partial charge < -0.3 is 14.8 Å². The number of anilines is 1. The van der Waals surface area contributed by atoms with E-state index in [1.165, 1.54) is 0 Å². The molecule has 0 spiro atoms. The Bertz CT molecular complexity index is 917. The molecule has 7 heteroatoms. The Morgan fingerprint density at radius 2 is 1.80 bits per heavy atom. The molecule has 2 heterocycles. The van der Waals surface area contributed by atoms with Gasteiger partial charge in [-0.1, -0.05) is 17.2 Å². The third-order valence-corrected chi connectivity index (χ3v) is 4.16. The van der Waals surface area contributed by atoms with Crippen LogP contribution >= 0.6 is 0 Å². The van der Waals surface area contributed by atoms with Crippen molar-refractivity contribution in [3.8, 4) is 11.5 Å². The number of nitrogens with zero attached hydrogens (tertiary/aromatic N) is 4. The average molecular weight is 335 g/mol. The Morgan fingerprint density at radius 3 is 2.56 bits per heavy atom. The SMILES string of the molecule is COc1ccc(C2=C[C@H](c3cccc(OC)c3)n3nnnc3N2)cc1. The van der Waals surface area contributed by atoms with Crippen molar-refractivity contribution in [3.63, 3.8) is 0 Å². The van der Waals surface area contributed by atoms with Gasteiger partial charge in [0.25, 0.3) is 0 Å². The van der Waals surface area contributed by atoms with Crippen LogP contribution in [0.2, 0.25) is 0 Å². The highest BCUT2D eigenvalue weighted by Crippen LogP contribution is 2.33. The molecule has 3 aromatic rings. The first-order chi connectivity index (χ1) is 12.3. The second-order valence-electron chi connectivity index (χ2n) is 5.60. The molecule has 0 fully saturated rings. The van der Waals surface area contributed by atoms with Gasteiger partial charge in [-0.3, -0.25) is 0 Å². The van der Waals surface area contributed by atoms with Gasteiger partial charge in [-0.15, -0.1) is 0 Å². The topological polar surface area (TPSA) is 74.1 Å². The zero-order chi connectivity index (χ0) is 17.2. The molecule has 0 saturated carbocycles. The lowest BCUT2D eigenvalue weighted by Crippen LogP contribution is -2.20. The Labute approximate surface area is 144 Å². The Morgan fingerprint density at radius 1 is 1.00 bits per heavy atom. The molecule has 1 aromatic heterocycles. The molecule has 4 rings (SSSR count). The quantitative estimate of drug-likeness (QED) is 0.790. The summed E-state index contributed by atoms with van der Waals surface area (Å²) in [7, 11) is 3.31. The van der Waals surface area contributed by atoms with E-state index in [1.807, 2.05) is 48.5 Å². The summed E-state index contributed by atoms with van der Waals surface area (Å²) >= 11 is 0. The third-order valence-electron chi connectivity index (χ3n) is 4.16. The molecular weight excluding hydrogens is 318 g/mol. The van der Waals surface area contributed by atoms with Gasteiger partial charge in [0.2, 0.25) is 5.95 Å². The predicted octanol–water partition coefficient (Wildman–Crippen LogP) is 2.75. The maximum atomic E-state index is 5.34. The van der Waals surface area contributed by atoms with E-state index in [0.717, 1.165) is 28.3 Å². The van der Waals surface area contributed by atoms with Crippen molar-refractivity contribution in [2.45, 2.75) is 6.04 Å². The van der Waals surface area contributed by atoms with Gasteiger partial charge in [-0.2, -0.15) is 4.68 Å². The van der Waals surface area contributed by atoms with Crippen molar-refractivity contribution >= 4 is 11.6 Å². The van der Waals surface area contributed by atoms with E-state index < -0.39 is 0 Å². The molecular formula is C18H17N5O2. The second kappa shape index (κ2) is 6.27. The van der Waals surface area contributed by atoms with E-state index in [9.17, 15) is 0 Å². The number of methoxy groups -OCH3 is 2. The number of nitrogens with one attached hydrogen (secondary N) is 1. The van der Waals surface area contributed by atoms with E-state index in [0.29, 0.717) is 5.95 Å². The Hall–Kier alpha value is -3.35. The number of tetrazole rings is 1. The molecule has 2 aromatic carbocycles. The molecule has 0 radical (unpaired) electrons. The lowest BCUT2D eigenvalue weighted by molar-refractivity contribution is 0.413. The van der Waals surface area contributed by atoms with Gasteiger partial charge in [0.15, 0.2) is 0 Å². The fraction of sp³-hybridized carbons (Fsp3) is 0.167. The molecule has 0 saturated heterocycles. The number of aromatic nitrogens is 4. The zero-order valence-corrected chi connectivity index (χ0v) is 13.9. The molecule has 7 nitrogen and oxygen atoms in total. The summed E-state index contributed by atoms with van der Waals surface area (Å²) < 4.78 is 12.3. The highest BCUT2D eigenvalue weighted by Gasteiger charge is 2.24. The van der Waals surface area contributed by atoms with Gasteiger partial charge in [-0.25, -0.2) is 0 Å². The van der Waals surface area contributed by atoms with Crippen LogP contribution in [0.25, 0.3) is 5.70 Å². The number of allylic oxidation sites excluding steroid dienone is 1. The van der Waals surface area contributed by atoms with Gasteiger partial charge in [0.05, 0.1) is 14.2 Å². The number of ether oxygens (including phenoxy) is 2. The van der Waals surface area contributed by atoms with Crippen molar-refractivity contribution in [3.05, 3.63) is 65.7 Å². The highest BCUT2D eigenvalue weighted by atomic mass is 16.5. The number of hydrogen-bond donors (Lipinski definition) is 1. The minimum absolute atomic E-state index is 0.126. The molecule has 0 amide bonds. The molecule has 1 aliphatic heterocycles. The van der Waals surface area contributed by atoms with E-state index in [1.54, 1.807) is 18.9 Å². The Balaban J connectivity index is 1.77. The van der Waals surface area contributed by atoms with Crippen molar-refractivity contribution in [1.82, 2.24) is 20.2 Å². The van der Waals surface area contributed by atoms with Crippen molar-refractivity contribution in [2.24, 2.45) is 0 Å². The third kappa shape index (κ3) is 2.80. The summed E-state index contributed by atoms with van der Waals surface area (Å²) in [5.41, 5.74) is 3.01. The second-order valence-corrected chi connectivity index (χ2v) is 5.60. The maximum Gasteiger partial charge on any atom is 0.248 e. The van der Waals surface area contributed by atoms with Crippen LogP contribution in [0.5, 0.6) is 11.5 Å². The van der Waals surface area contributed by atoms with Crippen LogP contribution in [-0.4, -0.2) is 34.4 Å². The van der Waals surface area contributed by atoms with Crippen LogP contribution in [0, 0.1) is 0 Å². The normalized spacial score (nSPS) is 15.8. The zero-order valence-electron chi connectivity index (χ0n) is 13.9. The fourth-order valence-electron chi connectivity index (χ4n) is 2.86. The van der Waals surface area contributed by atoms with Gasteiger partial charge in [0, 0.05) is 5.70 Å². The molecule has 25 heavy (non-hydrogen) atoms. The lowest BCUT2D eigenvalue weighted by atomic mass is 10.0. The molecule has 0 aliphatic carbocycles. The van der Waals surface area contributed by atoms with Gasteiger partial charge in [0.1, 0.15) is 17.5 Å². The van der Waals surface area contributed by atoms with Crippen LogP contribution < -0.4 is 14.8 Å². The van der Waals surface area contributed by atoms with Crippen LogP contribution in [0.1, 0.15) is 17.2 Å². The van der Waals surface area contributed by atoms with E-state index in [2.05, 4.69) is 26.9 Å². The van der Waals surface area contributed by atoms with Crippen molar-refractivity contribution in [1.29, 1.82) is 0 Å². The number of rotatable bonds is 4. The minimum Gasteiger partial charge on any atom is -0.497 e. The standard InChI is InChI=1S/C18H17N5O2/c1-24-14-8-6-12(7-9-14)16-11-17(23-18(19-16)20-21-22-23)13-4-3-5-15(10-13)25-2/h3-11,17H,1-2H3,(H,19,20,22)/t17-/m1/s1. The molecule has 1 atom stereocenters. The van der Waals surface area contributed by atoms with Crippen LogP contribution in [0.3, 0.4) is 0 Å². The molecule has 1 aliphatic rings. The fourth-order valence-corrected chi connectivity index (χ4v) is 2.86. The predicted molar refractivity (Wildman–Crippen MR) is 93.5 cm³/mol. The summed E-state index contributed by atoms with van der Waals surface area (Å²) in [6.45, 7) is 0. The van der Waals surface area contributed by atoms with Crippen LogP contribution in [0.15, 0.2) is 54.6 Å². The first-order valence-electron chi connectivity index (χ1n) is 7.83. The maximum absolute atomic E-state index is 5.34. The molecule has 1 N–H and O–H groups in total. The van der Waals surface area contributed by atoms with E-state index in [-0.39, 0.29) is 6.04 Å². The highest BCUT2D eigenvalue weighted by molar-refractivity contribution is 5.77. The largest absolute Gasteiger partial charge is 0.497 e. The number of hydrogen-bond acceptors (Lipinski definition) is 6. The van der Waals surface area contributed by atoms with Crippen molar-refractivity contribution < 1.29 is 9.47 Å². The van der Waals surface area contributed by atoms with E-state index >= 15 is 0 Å². The summed E-state index contributed by atoms with van der Waals surface area (Å²) in [6, 6.07) is 15.6. The summed E-state index contributed by atoms with van der Waals surface area (Å²) in [5, 5.41) is 15.3. The summed E-state index contributed by atoms with van der Waals surface area (Å²) in [4.78, 5) is 0. The first-order valence-corrected chi connectivity index (χ1v) is 7.83. The van der Waals surface area contributed by atoms with Gasteiger partial charge >= 0.3 is 0 Å². The molecule has 126 valence electrons. The monoisotopic (exact) mass is 335 g/mol. The average Bonchev–Trinajstić information content (AvgIpc) is 3.16. The minimum atomic E-state index is -0.126. The lowest BCUT2D eigenvalue weighted by Gasteiger charge is -2.23. The number of benzene rings is 2. The van der Waals surface area contributed by atoms with Crippen LogP contribution in [-0.2, 0) is 0 Å². The molecule has 0 unspecified atom stereocenters. The number of fused-ring (bicyclic) bond motifs is 1. The smallest absolute Gasteiger partial charge is 0.248 e. The van der Waals surface area contributed by atoms with Gasteiger partial charge in [-0.05, 0) is 64.0 Å². The molecule has 0 bridgehead atoms. The summed E-state index contributed by atoms with van der Waals surface area (Å²) in [6.07, 6.45) is 2.10. The summed E-state index contributed by atoms with van der Waals surface area (Å²) in [5.74, 6) is 2.21. The van der Waals surface area contributed by atoms with Crippen LogP contribution in [0.4, 0.5) is 5.95 Å². The van der Waals surface area contributed by atoms with Crippen molar-refractivity contribution in [2.75, 3.05) is 19.5 Å². The first kappa shape index (κ1) is 15.2. The van der Waals surface area contributed by atoms with E-state index in [4.69, 9.17) is 9.47 Å². The Kier molecular flexibility index (Phi) is 3.81.